The second-order valence-electron chi connectivity index (χ2n) is 11.7. The normalized spacial score (nSPS) is 26.3. The number of rotatable bonds is 5. The van der Waals surface area contributed by atoms with Crippen molar-refractivity contribution in [3.63, 3.8) is 0 Å². The number of hydrogen-bond acceptors (Lipinski definition) is 6. The molecular weight excluding hydrogens is 524 g/mol. The van der Waals surface area contributed by atoms with Crippen molar-refractivity contribution in [1.82, 2.24) is 14.7 Å². The fourth-order valence-electron chi connectivity index (χ4n) is 7.84. The molecule has 10 heteroatoms. The van der Waals surface area contributed by atoms with Crippen molar-refractivity contribution < 1.29 is 28.7 Å². The Morgan fingerprint density at radius 1 is 0.976 bits per heavy atom. The van der Waals surface area contributed by atoms with Gasteiger partial charge in [0.25, 0.3) is 11.8 Å². The van der Waals surface area contributed by atoms with Crippen LogP contribution in [-0.4, -0.2) is 84.8 Å². The van der Waals surface area contributed by atoms with Gasteiger partial charge < -0.3 is 24.2 Å². The van der Waals surface area contributed by atoms with Gasteiger partial charge in [-0.2, -0.15) is 0 Å². The molecule has 3 fully saturated rings. The fourth-order valence-corrected chi connectivity index (χ4v) is 7.84. The third-order valence-electron chi connectivity index (χ3n) is 9.58. The van der Waals surface area contributed by atoms with Gasteiger partial charge in [-0.1, -0.05) is 18.2 Å². The third kappa shape index (κ3) is 3.90. The quantitative estimate of drug-likeness (QED) is 0.560. The van der Waals surface area contributed by atoms with Gasteiger partial charge in [0.15, 0.2) is 11.5 Å². The van der Waals surface area contributed by atoms with Gasteiger partial charge in [0.05, 0.1) is 31.0 Å². The second kappa shape index (κ2) is 9.78. The number of amides is 4. The molecule has 5 aliphatic rings. The highest BCUT2D eigenvalue weighted by atomic mass is 16.5. The van der Waals surface area contributed by atoms with E-state index in [1.165, 1.54) is 14.2 Å². The Bertz CT molecular complexity index is 1460. The second-order valence-corrected chi connectivity index (χ2v) is 11.7. The van der Waals surface area contributed by atoms with Crippen molar-refractivity contribution in [2.24, 2.45) is 11.8 Å². The lowest BCUT2D eigenvalue weighted by Gasteiger charge is -2.52. The van der Waals surface area contributed by atoms with Crippen LogP contribution in [0.25, 0.3) is 0 Å². The van der Waals surface area contributed by atoms with Crippen LogP contribution in [-0.2, 0) is 9.59 Å². The third-order valence-corrected chi connectivity index (χ3v) is 9.58. The zero-order valence-electron chi connectivity index (χ0n) is 23.4. The number of carbonyl (C=O) groups excluding carboxylic acids is 4. The SMILES string of the molecule is COc1ccc2c(c1OC)C(=O)N1c3ccccc3C(=O)N(CCC(=O)N3C[C@H]4C[C@@H](C3)[C@@H]3CCCC(=O)N3C4)[C@@H]21. The van der Waals surface area contributed by atoms with E-state index in [1.54, 1.807) is 40.1 Å². The molecule has 0 N–H and O–H groups in total. The molecule has 0 radical (unpaired) electrons. The average Bonchev–Trinajstić information content (AvgIpc) is 3.29. The number of benzene rings is 2. The molecule has 2 aromatic carbocycles. The summed E-state index contributed by atoms with van der Waals surface area (Å²) in [6, 6.07) is 10.9. The van der Waals surface area contributed by atoms with Gasteiger partial charge in [-0.05, 0) is 49.3 Å². The molecule has 0 aliphatic carbocycles. The van der Waals surface area contributed by atoms with E-state index in [1.807, 2.05) is 11.0 Å². The first-order chi connectivity index (χ1) is 19.9. The van der Waals surface area contributed by atoms with Gasteiger partial charge in [0.1, 0.15) is 6.17 Å². The summed E-state index contributed by atoms with van der Waals surface area (Å²) in [6.07, 6.45) is 3.08. The molecule has 10 nitrogen and oxygen atoms in total. The fraction of sp³-hybridized carbons (Fsp3) is 0.484. The summed E-state index contributed by atoms with van der Waals surface area (Å²) in [5.41, 5.74) is 1.99. The smallest absolute Gasteiger partial charge is 0.264 e. The first-order valence-corrected chi connectivity index (χ1v) is 14.5. The number of methoxy groups -OCH3 is 2. The molecule has 214 valence electrons. The largest absolute Gasteiger partial charge is 0.493 e. The Hall–Kier alpha value is -4.08. The maximum Gasteiger partial charge on any atom is 0.264 e. The van der Waals surface area contributed by atoms with Gasteiger partial charge in [0.2, 0.25) is 11.8 Å². The maximum absolute atomic E-state index is 13.9. The Labute approximate surface area is 238 Å². The molecule has 5 heterocycles. The van der Waals surface area contributed by atoms with Crippen LogP contribution >= 0.6 is 0 Å². The number of piperidine rings is 3. The van der Waals surface area contributed by atoms with Crippen LogP contribution in [0.1, 0.15) is 64.5 Å². The highest BCUT2D eigenvalue weighted by Gasteiger charge is 2.50. The molecule has 5 aliphatic heterocycles. The highest BCUT2D eigenvalue weighted by molar-refractivity contribution is 6.18. The summed E-state index contributed by atoms with van der Waals surface area (Å²) in [5, 5.41) is 0. The highest BCUT2D eigenvalue weighted by Crippen LogP contribution is 2.49. The van der Waals surface area contributed by atoms with Gasteiger partial charge in [0, 0.05) is 50.6 Å². The summed E-state index contributed by atoms with van der Waals surface area (Å²) < 4.78 is 11.1. The molecule has 41 heavy (non-hydrogen) atoms. The molecule has 0 aromatic heterocycles. The number of anilines is 1. The Balaban J connectivity index is 1.16. The molecule has 3 saturated heterocycles. The minimum absolute atomic E-state index is 0.00496. The van der Waals surface area contributed by atoms with Crippen molar-refractivity contribution in [1.29, 1.82) is 0 Å². The predicted molar refractivity (Wildman–Crippen MR) is 149 cm³/mol. The van der Waals surface area contributed by atoms with Crippen molar-refractivity contribution in [3.8, 4) is 11.5 Å². The van der Waals surface area contributed by atoms with E-state index >= 15 is 0 Å². The lowest BCUT2D eigenvalue weighted by Crippen LogP contribution is -2.61. The molecule has 4 amide bonds. The number of fused-ring (bicyclic) bond motifs is 9. The maximum atomic E-state index is 13.9. The van der Waals surface area contributed by atoms with Crippen LogP contribution in [0.3, 0.4) is 0 Å². The predicted octanol–water partition coefficient (Wildman–Crippen LogP) is 3.07. The zero-order chi connectivity index (χ0) is 28.4. The summed E-state index contributed by atoms with van der Waals surface area (Å²) in [6.45, 7) is 2.19. The van der Waals surface area contributed by atoms with Crippen LogP contribution in [0.4, 0.5) is 5.69 Å². The van der Waals surface area contributed by atoms with Crippen molar-refractivity contribution in [2.45, 2.75) is 44.3 Å². The number of hydrogen-bond donors (Lipinski definition) is 0. The van der Waals surface area contributed by atoms with Crippen LogP contribution in [0.5, 0.6) is 11.5 Å². The van der Waals surface area contributed by atoms with E-state index in [0.29, 0.717) is 59.3 Å². The topological polar surface area (TPSA) is 99.7 Å². The lowest BCUT2D eigenvalue weighted by molar-refractivity contribution is -0.148. The summed E-state index contributed by atoms with van der Waals surface area (Å²) in [5.74, 6) is 1.14. The van der Waals surface area contributed by atoms with Crippen molar-refractivity contribution in [2.75, 3.05) is 45.3 Å². The van der Waals surface area contributed by atoms with Crippen LogP contribution in [0.15, 0.2) is 36.4 Å². The van der Waals surface area contributed by atoms with E-state index in [9.17, 15) is 19.2 Å². The molecule has 4 atom stereocenters. The van der Waals surface area contributed by atoms with Crippen molar-refractivity contribution >= 4 is 29.3 Å². The van der Waals surface area contributed by atoms with E-state index in [0.717, 1.165) is 25.8 Å². The summed E-state index contributed by atoms with van der Waals surface area (Å²) in [7, 11) is 3.01. The van der Waals surface area contributed by atoms with Crippen molar-refractivity contribution in [3.05, 3.63) is 53.1 Å². The van der Waals surface area contributed by atoms with Crippen LogP contribution < -0.4 is 14.4 Å². The standard InChI is InChI=1S/C31H34N4O6/c1-40-24-11-10-21-27(28(24)41-2)31(39)35-23-7-4-3-6-20(23)30(38)33(29(21)35)13-12-25(36)32-15-18-14-19(17-32)22-8-5-9-26(37)34(22)16-18/h3-4,6-7,10-11,18-19,22,29H,5,8-9,12-17H2,1-2H3/t18-,19+,22+,29-/m1/s1. The van der Waals surface area contributed by atoms with Gasteiger partial charge in [-0.3, -0.25) is 24.1 Å². The van der Waals surface area contributed by atoms with Crippen LogP contribution in [0.2, 0.25) is 0 Å². The summed E-state index contributed by atoms with van der Waals surface area (Å²) in [4.78, 5) is 61.2. The van der Waals surface area contributed by atoms with E-state index in [-0.39, 0.29) is 48.6 Å². The molecule has 0 unspecified atom stereocenters. The van der Waals surface area contributed by atoms with Crippen LogP contribution in [0, 0.1) is 11.8 Å². The van der Waals surface area contributed by atoms with E-state index in [4.69, 9.17) is 9.47 Å². The zero-order valence-corrected chi connectivity index (χ0v) is 23.4. The number of carbonyl (C=O) groups is 4. The molecule has 2 bridgehead atoms. The molecule has 2 aromatic rings. The number of likely N-dealkylation sites (tertiary alicyclic amines) is 1. The van der Waals surface area contributed by atoms with Gasteiger partial charge >= 0.3 is 0 Å². The molecule has 0 spiro atoms. The van der Waals surface area contributed by atoms with Gasteiger partial charge in [-0.15, -0.1) is 0 Å². The molecular formula is C31H34N4O6. The monoisotopic (exact) mass is 558 g/mol. The summed E-state index contributed by atoms with van der Waals surface area (Å²) >= 11 is 0. The minimum Gasteiger partial charge on any atom is -0.493 e. The minimum atomic E-state index is -0.685. The van der Waals surface area contributed by atoms with E-state index in [2.05, 4.69) is 4.90 Å². The molecule has 7 rings (SSSR count). The number of nitrogens with zero attached hydrogens (tertiary/aromatic N) is 4. The molecule has 0 saturated carbocycles. The lowest BCUT2D eigenvalue weighted by atomic mass is 9.76. The Morgan fingerprint density at radius 3 is 2.61 bits per heavy atom. The average molecular weight is 559 g/mol. The first kappa shape index (κ1) is 25.9. The van der Waals surface area contributed by atoms with Gasteiger partial charge in [-0.25, -0.2) is 0 Å². The number of ether oxygens (including phenoxy) is 2. The van der Waals surface area contributed by atoms with E-state index < -0.39 is 6.17 Å². The number of para-hydroxylation sites is 1. The Kier molecular flexibility index (Phi) is 6.17. The first-order valence-electron chi connectivity index (χ1n) is 14.5. The Morgan fingerprint density at radius 2 is 1.80 bits per heavy atom.